The second-order valence-corrected chi connectivity index (χ2v) is 10.8. The number of aryl methyl sites for hydroxylation is 1. The minimum atomic E-state index is -4.87. The molecule has 6 rings (SSSR count). The average molecular weight is 621 g/mol. The quantitative estimate of drug-likeness (QED) is 0.226. The number of aromatic nitrogens is 2. The zero-order valence-electron chi connectivity index (χ0n) is 24.4. The van der Waals surface area contributed by atoms with E-state index < -0.39 is 23.6 Å². The molecular formula is C33H31F3N4O5. The van der Waals surface area contributed by atoms with E-state index in [1.807, 2.05) is 24.3 Å². The Morgan fingerprint density at radius 3 is 2.40 bits per heavy atom. The van der Waals surface area contributed by atoms with E-state index in [4.69, 9.17) is 4.74 Å². The number of benzene rings is 3. The van der Waals surface area contributed by atoms with E-state index in [2.05, 4.69) is 15.0 Å². The number of hydrogen-bond donors (Lipinski definition) is 3. The number of rotatable bonds is 7. The van der Waals surface area contributed by atoms with Crippen molar-refractivity contribution in [2.24, 2.45) is 7.05 Å². The standard InChI is InChI=1S/C33H31F3N4O5/c1-39-26-9-5-3-7-24(26)30(41)28(31(39)42)27(20-10-12-21(13-11-20)45-33(34,35)36)29-23(22-6-2-4-8-25(22)38-29)14-15-37-32(43)40-16-18-44-19-17-40/h2-13,27,38,41H,14-19H2,1H3,(H,37,43). The van der Waals surface area contributed by atoms with Crippen LogP contribution in [0, 0.1) is 0 Å². The van der Waals surface area contributed by atoms with Crippen LogP contribution in [0.3, 0.4) is 0 Å². The van der Waals surface area contributed by atoms with E-state index in [0.717, 1.165) is 16.5 Å². The number of aromatic hydroxyl groups is 1. The van der Waals surface area contributed by atoms with Crippen molar-refractivity contribution >= 4 is 27.8 Å². The van der Waals surface area contributed by atoms with Crippen molar-refractivity contribution in [3.05, 3.63) is 106 Å². The largest absolute Gasteiger partial charge is 0.573 e. The zero-order valence-corrected chi connectivity index (χ0v) is 24.4. The molecule has 3 heterocycles. The molecule has 1 aliphatic rings. The van der Waals surface area contributed by atoms with Crippen LogP contribution in [0.5, 0.6) is 11.5 Å². The number of pyridine rings is 1. The number of H-pyrrole nitrogens is 1. The van der Waals surface area contributed by atoms with E-state index in [1.165, 1.54) is 28.8 Å². The van der Waals surface area contributed by atoms with Gasteiger partial charge in [-0.2, -0.15) is 0 Å². The molecule has 0 saturated carbocycles. The molecule has 12 heteroatoms. The lowest BCUT2D eigenvalue weighted by molar-refractivity contribution is -0.274. The van der Waals surface area contributed by atoms with Crippen LogP contribution in [0.15, 0.2) is 77.6 Å². The van der Waals surface area contributed by atoms with Crippen LogP contribution in [0.4, 0.5) is 18.0 Å². The summed E-state index contributed by atoms with van der Waals surface area (Å²) in [6.07, 6.45) is -4.50. The number of nitrogens with zero attached hydrogens (tertiary/aromatic N) is 2. The van der Waals surface area contributed by atoms with Gasteiger partial charge in [0.05, 0.1) is 30.2 Å². The summed E-state index contributed by atoms with van der Waals surface area (Å²) in [5.41, 5.74) is 2.72. The van der Waals surface area contributed by atoms with Gasteiger partial charge in [-0.15, -0.1) is 13.2 Å². The van der Waals surface area contributed by atoms with Crippen LogP contribution in [-0.4, -0.2) is 64.8 Å². The van der Waals surface area contributed by atoms with Crippen LogP contribution in [0.25, 0.3) is 21.8 Å². The number of hydrogen-bond acceptors (Lipinski definition) is 5. The van der Waals surface area contributed by atoms with Gasteiger partial charge in [0.1, 0.15) is 11.5 Å². The first-order valence-corrected chi connectivity index (χ1v) is 14.5. The first-order chi connectivity index (χ1) is 21.6. The predicted octanol–water partition coefficient (Wildman–Crippen LogP) is 5.39. The lowest BCUT2D eigenvalue weighted by Gasteiger charge is -2.27. The second-order valence-electron chi connectivity index (χ2n) is 10.8. The summed E-state index contributed by atoms with van der Waals surface area (Å²) < 4.78 is 49.7. The van der Waals surface area contributed by atoms with Crippen LogP contribution in [0.2, 0.25) is 0 Å². The maximum atomic E-state index is 14.0. The third kappa shape index (κ3) is 6.05. The maximum absolute atomic E-state index is 14.0. The Labute approximate surface area is 255 Å². The predicted molar refractivity (Wildman–Crippen MR) is 163 cm³/mol. The number of nitrogens with one attached hydrogen (secondary N) is 2. The van der Waals surface area contributed by atoms with Gasteiger partial charge >= 0.3 is 12.4 Å². The minimum absolute atomic E-state index is 0.0610. The van der Waals surface area contributed by atoms with E-state index in [0.29, 0.717) is 54.9 Å². The van der Waals surface area contributed by atoms with Gasteiger partial charge in [0.25, 0.3) is 5.56 Å². The minimum Gasteiger partial charge on any atom is -0.507 e. The van der Waals surface area contributed by atoms with Crippen molar-refractivity contribution in [1.82, 2.24) is 19.8 Å². The number of urea groups is 1. The highest BCUT2D eigenvalue weighted by molar-refractivity contribution is 5.88. The van der Waals surface area contributed by atoms with Gasteiger partial charge in [0.2, 0.25) is 0 Å². The molecule has 9 nitrogen and oxygen atoms in total. The fourth-order valence-electron chi connectivity index (χ4n) is 6.01. The normalized spacial score (nSPS) is 14.5. The lowest BCUT2D eigenvalue weighted by Crippen LogP contribution is -2.46. The molecule has 1 aliphatic heterocycles. The summed E-state index contributed by atoms with van der Waals surface area (Å²) in [6, 6.07) is 19.5. The Morgan fingerprint density at radius 1 is 1.02 bits per heavy atom. The summed E-state index contributed by atoms with van der Waals surface area (Å²) in [5, 5.41) is 15.9. The Bertz CT molecular complexity index is 1910. The van der Waals surface area contributed by atoms with Gasteiger partial charge < -0.3 is 34.3 Å². The number of alkyl halides is 3. The Kier molecular flexibility index (Phi) is 8.15. The van der Waals surface area contributed by atoms with Gasteiger partial charge in [0, 0.05) is 48.7 Å². The van der Waals surface area contributed by atoms with Crippen LogP contribution < -0.4 is 15.6 Å². The second kappa shape index (κ2) is 12.2. The third-order valence-electron chi connectivity index (χ3n) is 8.13. The molecule has 5 aromatic rings. The van der Waals surface area contributed by atoms with Gasteiger partial charge in [-0.1, -0.05) is 42.5 Å². The fourth-order valence-corrected chi connectivity index (χ4v) is 6.01. The highest BCUT2D eigenvalue weighted by Crippen LogP contribution is 2.41. The number of fused-ring (bicyclic) bond motifs is 2. The van der Waals surface area contributed by atoms with Crippen molar-refractivity contribution in [2.75, 3.05) is 32.8 Å². The van der Waals surface area contributed by atoms with Gasteiger partial charge in [-0.25, -0.2) is 4.79 Å². The molecule has 3 aromatic carbocycles. The molecule has 2 aromatic heterocycles. The molecule has 0 radical (unpaired) electrons. The lowest BCUT2D eigenvalue weighted by atomic mass is 9.85. The Morgan fingerprint density at radius 2 is 1.69 bits per heavy atom. The van der Waals surface area contributed by atoms with Crippen molar-refractivity contribution in [1.29, 1.82) is 0 Å². The van der Waals surface area contributed by atoms with Crippen LogP contribution in [0.1, 0.15) is 28.3 Å². The molecule has 2 amide bonds. The average Bonchev–Trinajstić information content (AvgIpc) is 3.40. The number of para-hydroxylation sites is 2. The zero-order chi connectivity index (χ0) is 31.7. The number of aromatic amines is 1. The number of carbonyl (C=O) groups excluding carboxylic acids is 1. The third-order valence-corrected chi connectivity index (χ3v) is 8.13. The van der Waals surface area contributed by atoms with Crippen molar-refractivity contribution in [2.45, 2.75) is 18.7 Å². The van der Waals surface area contributed by atoms with Crippen molar-refractivity contribution in [3.8, 4) is 11.5 Å². The first kappa shape index (κ1) is 30.1. The molecule has 1 fully saturated rings. The summed E-state index contributed by atoms with van der Waals surface area (Å²) >= 11 is 0. The molecule has 234 valence electrons. The van der Waals surface area contributed by atoms with Gasteiger partial charge in [-0.05, 0) is 47.9 Å². The molecule has 0 spiro atoms. The smallest absolute Gasteiger partial charge is 0.507 e. The van der Waals surface area contributed by atoms with E-state index in [-0.39, 0.29) is 23.9 Å². The molecule has 45 heavy (non-hydrogen) atoms. The summed E-state index contributed by atoms with van der Waals surface area (Å²) in [5.74, 6) is -1.55. The van der Waals surface area contributed by atoms with Gasteiger partial charge in [-0.3, -0.25) is 4.79 Å². The summed E-state index contributed by atoms with van der Waals surface area (Å²) in [6.45, 7) is 2.20. The summed E-state index contributed by atoms with van der Waals surface area (Å²) in [4.78, 5) is 31.9. The monoisotopic (exact) mass is 620 g/mol. The highest BCUT2D eigenvalue weighted by Gasteiger charge is 2.33. The molecule has 0 bridgehead atoms. The molecule has 1 unspecified atom stereocenters. The number of morpholine rings is 1. The van der Waals surface area contributed by atoms with E-state index >= 15 is 0 Å². The molecule has 1 atom stereocenters. The number of amides is 2. The number of ether oxygens (including phenoxy) is 2. The molecule has 1 saturated heterocycles. The Balaban J connectivity index is 1.48. The summed E-state index contributed by atoms with van der Waals surface area (Å²) in [7, 11) is 1.61. The van der Waals surface area contributed by atoms with Crippen molar-refractivity contribution < 1.29 is 32.5 Å². The van der Waals surface area contributed by atoms with Crippen LogP contribution >= 0.6 is 0 Å². The maximum Gasteiger partial charge on any atom is 0.573 e. The highest BCUT2D eigenvalue weighted by atomic mass is 19.4. The molecule has 3 N–H and O–H groups in total. The molecule has 0 aliphatic carbocycles. The fraction of sp³-hybridized carbons (Fsp3) is 0.273. The topological polar surface area (TPSA) is 109 Å². The first-order valence-electron chi connectivity index (χ1n) is 14.5. The van der Waals surface area contributed by atoms with Crippen molar-refractivity contribution in [3.63, 3.8) is 0 Å². The number of halogens is 3. The van der Waals surface area contributed by atoms with Gasteiger partial charge in [0.15, 0.2) is 0 Å². The van der Waals surface area contributed by atoms with E-state index in [1.54, 1.807) is 36.2 Å². The van der Waals surface area contributed by atoms with Crippen LogP contribution in [-0.2, 0) is 18.2 Å². The Hall–Kier alpha value is -4.97. The SMILES string of the molecule is Cn1c(=O)c(C(c2ccc(OC(F)(F)F)cc2)c2[nH]c3ccccc3c2CCNC(=O)N2CCOCC2)c(O)c2ccccc21. The molecular weight excluding hydrogens is 589 g/mol. The number of carbonyl (C=O) groups is 1. The van der Waals surface area contributed by atoms with E-state index in [9.17, 15) is 27.9 Å².